The van der Waals surface area contributed by atoms with Gasteiger partial charge in [0.15, 0.2) is 11.6 Å². The van der Waals surface area contributed by atoms with Crippen molar-refractivity contribution in [3.63, 3.8) is 0 Å². The molecule has 0 bridgehead atoms. The number of carbonyl (C=O) groups excluding carboxylic acids is 2. The second-order valence-electron chi connectivity index (χ2n) is 7.76. The summed E-state index contributed by atoms with van der Waals surface area (Å²) in [5.41, 5.74) is 12.7. The Labute approximate surface area is 214 Å². The number of halogens is 2. The number of hydrogen-bond donors (Lipinski definition) is 5. The first-order valence-corrected chi connectivity index (χ1v) is 11.0. The Morgan fingerprint density at radius 2 is 1.78 bits per heavy atom. The second-order valence-corrected chi connectivity index (χ2v) is 8.14. The molecule has 0 radical (unpaired) electrons. The quantitative estimate of drug-likeness (QED) is 0.142. The van der Waals surface area contributed by atoms with Crippen LogP contribution in [0.4, 0.5) is 31.6 Å². The van der Waals surface area contributed by atoms with Crippen molar-refractivity contribution in [2.75, 3.05) is 15.3 Å². The van der Waals surface area contributed by atoms with Crippen LogP contribution in [0.1, 0.15) is 18.7 Å². The van der Waals surface area contributed by atoms with Crippen LogP contribution >= 0.6 is 11.6 Å². The van der Waals surface area contributed by atoms with E-state index in [-0.39, 0.29) is 16.7 Å². The number of amides is 4. The molecule has 0 aliphatic rings. The van der Waals surface area contributed by atoms with Gasteiger partial charge in [0, 0.05) is 28.9 Å². The maximum atomic E-state index is 14.6. The summed E-state index contributed by atoms with van der Waals surface area (Å²) in [7, 11) is 0. The van der Waals surface area contributed by atoms with Gasteiger partial charge in [-0.1, -0.05) is 23.7 Å². The van der Waals surface area contributed by atoms with Gasteiger partial charge in [-0.3, -0.25) is 4.98 Å². The Hall–Kier alpha value is -4.66. The zero-order chi connectivity index (χ0) is 26.9. The number of urea groups is 2. The number of nitrogens with zero attached hydrogens (tertiary/aromatic N) is 6. The van der Waals surface area contributed by atoms with Gasteiger partial charge in [0.25, 0.3) is 5.95 Å². The summed E-state index contributed by atoms with van der Waals surface area (Å²) in [6.07, 6.45) is 3.23. The van der Waals surface area contributed by atoms with Gasteiger partial charge in [0.2, 0.25) is 0 Å². The zero-order valence-corrected chi connectivity index (χ0v) is 20.0. The molecule has 0 saturated heterocycles. The maximum Gasteiger partial charge on any atom is 0.336 e. The topological polar surface area (TPSA) is 208 Å². The zero-order valence-electron chi connectivity index (χ0n) is 19.3. The van der Waals surface area contributed by atoms with Gasteiger partial charge in [-0.15, -0.1) is 0 Å². The van der Waals surface area contributed by atoms with Crippen molar-refractivity contribution in [3.8, 4) is 11.1 Å². The lowest BCUT2D eigenvalue weighted by molar-refractivity contribution is 0.253. The largest absolute Gasteiger partial charge is 0.360 e. The van der Waals surface area contributed by atoms with E-state index in [1.807, 2.05) is 0 Å². The third-order valence-corrected chi connectivity index (χ3v) is 5.66. The molecule has 190 valence electrons. The van der Waals surface area contributed by atoms with E-state index in [0.29, 0.717) is 37.7 Å². The maximum absolute atomic E-state index is 14.6. The second kappa shape index (κ2) is 10.1. The number of pyridine rings is 2. The molecule has 9 N–H and O–H groups in total. The van der Waals surface area contributed by atoms with Crippen LogP contribution in [0.2, 0.25) is 5.02 Å². The molecule has 4 amide bonds. The van der Waals surface area contributed by atoms with E-state index in [1.165, 1.54) is 6.07 Å². The normalized spacial score (nSPS) is 11.7. The van der Waals surface area contributed by atoms with E-state index in [0.717, 1.165) is 0 Å². The molecule has 1 aromatic carbocycles. The summed E-state index contributed by atoms with van der Waals surface area (Å²) >= 11 is 6.44. The molecule has 0 aliphatic carbocycles. The van der Waals surface area contributed by atoms with Gasteiger partial charge in [-0.05, 0) is 31.2 Å². The summed E-state index contributed by atoms with van der Waals surface area (Å²) in [5.74, 6) is 10.1. The standard InChI is InChI=1S/C22H21ClFN11O2/c1-10(30-18-16(23)19(34(27)20(25)36)33-22(32-18)35(28)21(26)37)17-12(11-4-3-7-29-9-11)8-13-14(24)5-2-6-15(13)31-17/h2-10H,27-28H2,1H3,(H2,25,36)(H2,26,37)(H,30,32,33)/t10-/m0/s1. The van der Waals surface area contributed by atoms with Crippen LogP contribution in [0.15, 0.2) is 48.8 Å². The van der Waals surface area contributed by atoms with Crippen LogP contribution in [-0.4, -0.2) is 32.0 Å². The first-order valence-electron chi connectivity index (χ1n) is 10.6. The number of rotatable bonds is 6. The summed E-state index contributed by atoms with van der Waals surface area (Å²) in [6, 6.07) is 6.97. The Balaban J connectivity index is 1.86. The van der Waals surface area contributed by atoms with Crippen LogP contribution in [0.25, 0.3) is 22.0 Å². The highest BCUT2D eigenvalue weighted by atomic mass is 35.5. The van der Waals surface area contributed by atoms with Crippen molar-refractivity contribution in [1.29, 1.82) is 0 Å². The number of fused-ring (bicyclic) bond motifs is 1. The predicted octanol–water partition coefficient (Wildman–Crippen LogP) is 2.57. The number of hydrogen-bond acceptors (Lipinski definition) is 9. The van der Waals surface area contributed by atoms with Crippen LogP contribution in [0, 0.1) is 5.82 Å². The molecule has 4 aromatic rings. The molecule has 0 unspecified atom stereocenters. The lowest BCUT2D eigenvalue weighted by atomic mass is 9.99. The third-order valence-electron chi connectivity index (χ3n) is 5.31. The number of primary amides is 2. The van der Waals surface area contributed by atoms with Crippen LogP contribution in [0.3, 0.4) is 0 Å². The molecular formula is C22H21ClFN11O2. The van der Waals surface area contributed by atoms with Gasteiger partial charge < -0.3 is 16.8 Å². The smallest absolute Gasteiger partial charge is 0.336 e. The molecule has 0 fully saturated rings. The third kappa shape index (κ3) is 5.02. The van der Waals surface area contributed by atoms with Gasteiger partial charge in [0.05, 0.1) is 17.3 Å². The van der Waals surface area contributed by atoms with E-state index in [2.05, 4.69) is 25.3 Å². The molecule has 3 heterocycles. The molecule has 1 atom stereocenters. The predicted molar refractivity (Wildman–Crippen MR) is 137 cm³/mol. The fourth-order valence-electron chi connectivity index (χ4n) is 3.52. The Morgan fingerprint density at radius 3 is 2.43 bits per heavy atom. The number of nitrogens with two attached hydrogens (primary N) is 4. The fraction of sp³-hybridized carbons (Fsp3) is 0.0909. The van der Waals surface area contributed by atoms with Crippen molar-refractivity contribution in [2.24, 2.45) is 23.2 Å². The SMILES string of the molecule is C[C@H](Nc1nc(N(N)C(N)=O)nc(N(N)C(N)=O)c1Cl)c1nc2cccc(F)c2cc1-c1cccnc1. The molecule has 0 aliphatic heterocycles. The van der Waals surface area contributed by atoms with Gasteiger partial charge in [-0.25, -0.2) is 35.7 Å². The van der Waals surface area contributed by atoms with E-state index in [9.17, 15) is 14.0 Å². The van der Waals surface area contributed by atoms with Gasteiger partial charge in [0.1, 0.15) is 10.8 Å². The minimum atomic E-state index is -1.09. The fourth-order valence-corrected chi connectivity index (χ4v) is 3.75. The minimum absolute atomic E-state index is 0.0687. The van der Waals surface area contributed by atoms with Crippen molar-refractivity contribution in [3.05, 3.63) is 65.3 Å². The van der Waals surface area contributed by atoms with Crippen LogP contribution in [-0.2, 0) is 0 Å². The molecular weight excluding hydrogens is 505 g/mol. The first kappa shape index (κ1) is 25.4. The lowest BCUT2D eigenvalue weighted by Crippen LogP contribution is -2.45. The average molecular weight is 526 g/mol. The number of carbonyl (C=O) groups is 2. The van der Waals surface area contributed by atoms with Gasteiger partial charge in [-0.2, -0.15) is 15.0 Å². The van der Waals surface area contributed by atoms with Crippen molar-refractivity contribution < 1.29 is 14.0 Å². The lowest BCUT2D eigenvalue weighted by Gasteiger charge is -2.23. The van der Waals surface area contributed by atoms with Crippen molar-refractivity contribution in [1.82, 2.24) is 19.9 Å². The minimum Gasteiger partial charge on any atom is -0.360 e. The molecule has 3 aromatic heterocycles. The number of benzene rings is 1. The summed E-state index contributed by atoms with van der Waals surface area (Å²) in [4.78, 5) is 40.2. The van der Waals surface area contributed by atoms with E-state index in [1.54, 1.807) is 49.6 Å². The average Bonchev–Trinajstić information content (AvgIpc) is 2.88. The van der Waals surface area contributed by atoms with Crippen LogP contribution < -0.4 is 38.5 Å². The molecule has 0 saturated carbocycles. The molecule has 13 nitrogen and oxygen atoms in total. The van der Waals surface area contributed by atoms with Crippen LogP contribution in [0.5, 0.6) is 0 Å². The van der Waals surface area contributed by atoms with Crippen molar-refractivity contribution >= 4 is 52.2 Å². The molecule has 4 rings (SSSR count). The Morgan fingerprint density at radius 1 is 1.05 bits per heavy atom. The summed E-state index contributed by atoms with van der Waals surface area (Å²) < 4.78 is 14.6. The molecule has 0 spiro atoms. The molecule has 37 heavy (non-hydrogen) atoms. The highest BCUT2D eigenvalue weighted by Crippen LogP contribution is 2.36. The van der Waals surface area contributed by atoms with Gasteiger partial charge >= 0.3 is 12.1 Å². The first-order chi connectivity index (χ1) is 17.6. The highest BCUT2D eigenvalue weighted by molar-refractivity contribution is 6.35. The summed E-state index contributed by atoms with van der Waals surface area (Å²) in [5, 5.41) is 4.06. The number of hydrazine groups is 2. The monoisotopic (exact) mass is 525 g/mol. The number of anilines is 3. The van der Waals surface area contributed by atoms with Crippen molar-refractivity contribution in [2.45, 2.75) is 13.0 Å². The number of aromatic nitrogens is 4. The summed E-state index contributed by atoms with van der Waals surface area (Å²) in [6.45, 7) is 1.74. The number of nitrogens with one attached hydrogen (secondary N) is 1. The van der Waals surface area contributed by atoms with E-state index < -0.39 is 29.9 Å². The highest BCUT2D eigenvalue weighted by Gasteiger charge is 2.25. The Bertz CT molecular complexity index is 1510. The molecule has 15 heteroatoms. The van der Waals surface area contributed by atoms with E-state index in [4.69, 9.17) is 34.8 Å². The van der Waals surface area contributed by atoms with E-state index >= 15 is 0 Å². The Kier molecular flexibility index (Phi) is 6.97.